The van der Waals surface area contributed by atoms with Crippen LogP contribution >= 0.6 is 0 Å². The molecule has 2 heteroatoms. The highest BCUT2D eigenvalue weighted by Crippen LogP contribution is 2.28. The van der Waals surface area contributed by atoms with Crippen LogP contribution in [0.5, 0.6) is 5.75 Å². The van der Waals surface area contributed by atoms with Crippen molar-refractivity contribution in [2.45, 2.75) is 26.2 Å². The SMILES string of the molecule is COc1ccccc1-c1cccc(C(C)(C)C)[n+]1C. The minimum atomic E-state index is 0.118. The molecule has 0 aliphatic heterocycles. The van der Waals surface area contributed by atoms with Gasteiger partial charge in [0, 0.05) is 17.5 Å². The van der Waals surface area contributed by atoms with Crippen LogP contribution < -0.4 is 9.30 Å². The summed E-state index contributed by atoms with van der Waals surface area (Å²) in [7, 11) is 3.83. The molecule has 0 radical (unpaired) electrons. The maximum Gasteiger partial charge on any atom is 0.216 e. The lowest BCUT2D eigenvalue weighted by Crippen LogP contribution is -2.41. The van der Waals surface area contributed by atoms with E-state index in [0.717, 1.165) is 11.3 Å². The molecular weight excluding hydrogens is 234 g/mol. The number of aromatic nitrogens is 1. The number of ether oxygens (including phenoxy) is 1. The second kappa shape index (κ2) is 5.04. The Bertz CT molecular complexity index is 582. The first kappa shape index (κ1) is 13.6. The smallest absolute Gasteiger partial charge is 0.216 e. The van der Waals surface area contributed by atoms with E-state index >= 15 is 0 Å². The molecule has 2 aromatic rings. The lowest BCUT2D eigenvalue weighted by molar-refractivity contribution is -0.671. The van der Waals surface area contributed by atoms with Crippen LogP contribution in [0.2, 0.25) is 0 Å². The second-order valence-corrected chi connectivity index (χ2v) is 5.81. The lowest BCUT2D eigenvalue weighted by Gasteiger charge is -2.17. The summed E-state index contributed by atoms with van der Waals surface area (Å²) in [5, 5.41) is 0. The topological polar surface area (TPSA) is 13.1 Å². The summed E-state index contributed by atoms with van der Waals surface area (Å²) in [6.45, 7) is 6.69. The molecule has 0 aliphatic rings. The van der Waals surface area contributed by atoms with Gasteiger partial charge in [0.25, 0.3) is 0 Å². The third-order valence-electron chi connectivity index (χ3n) is 3.38. The van der Waals surface area contributed by atoms with Crippen LogP contribution in [0.25, 0.3) is 11.3 Å². The van der Waals surface area contributed by atoms with Crippen molar-refractivity contribution in [1.29, 1.82) is 0 Å². The fourth-order valence-electron chi connectivity index (χ4n) is 2.46. The standard InChI is InChI=1S/C17H22NO/c1-17(2,3)16-12-8-10-14(18(16)4)13-9-6-7-11-15(13)19-5/h6-12H,1-5H3/q+1. The van der Waals surface area contributed by atoms with Crippen molar-refractivity contribution >= 4 is 0 Å². The fraction of sp³-hybridized carbons (Fsp3) is 0.353. The van der Waals surface area contributed by atoms with E-state index in [1.54, 1.807) is 7.11 Å². The van der Waals surface area contributed by atoms with E-state index < -0.39 is 0 Å². The van der Waals surface area contributed by atoms with Gasteiger partial charge in [-0.25, -0.2) is 0 Å². The zero-order chi connectivity index (χ0) is 14.0. The maximum atomic E-state index is 5.47. The second-order valence-electron chi connectivity index (χ2n) is 5.81. The number of para-hydroxylation sites is 1. The number of hydrogen-bond acceptors (Lipinski definition) is 1. The van der Waals surface area contributed by atoms with E-state index in [2.05, 4.69) is 56.7 Å². The van der Waals surface area contributed by atoms with Gasteiger partial charge in [-0.3, -0.25) is 0 Å². The molecule has 1 heterocycles. The Hall–Kier alpha value is -1.83. The van der Waals surface area contributed by atoms with E-state index in [0.29, 0.717) is 0 Å². The Morgan fingerprint density at radius 3 is 2.26 bits per heavy atom. The van der Waals surface area contributed by atoms with Crippen molar-refractivity contribution in [3.63, 3.8) is 0 Å². The number of hydrogen-bond donors (Lipinski definition) is 0. The van der Waals surface area contributed by atoms with Crippen molar-refractivity contribution in [3.8, 4) is 17.0 Å². The monoisotopic (exact) mass is 256 g/mol. The predicted molar refractivity (Wildman–Crippen MR) is 78.3 cm³/mol. The Morgan fingerprint density at radius 2 is 1.63 bits per heavy atom. The summed E-state index contributed by atoms with van der Waals surface area (Å²) >= 11 is 0. The summed E-state index contributed by atoms with van der Waals surface area (Å²) in [4.78, 5) is 0. The molecular formula is C17H22NO+. The van der Waals surface area contributed by atoms with Crippen molar-refractivity contribution in [2.75, 3.05) is 7.11 Å². The summed E-state index contributed by atoms with van der Waals surface area (Å²) in [5.41, 5.74) is 3.71. The van der Waals surface area contributed by atoms with Gasteiger partial charge in [-0.1, -0.05) is 32.9 Å². The minimum absolute atomic E-state index is 0.118. The molecule has 0 saturated carbocycles. The van der Waals surface area contributed by atoms with Gasteiger partial charge < -0.3 is 4.74 Å². The number of rotatable bonds is 2. The maximum absolute atomic E-state index is 5.47. The van der Waals surface area contributed by atoms with Crippen LogP contribution in [-0.4, -0.2) is 7.11 Å². The molecule has 0 bridgehead atoms. The van der Waals surface area contributed by atoms with Gasteiger partial charge in [-0.05, 0) is 18.2 Å². The molecule has 2 rings (SSSR count). The Kier molecular flexibility index (Phi) is 3.61. The molecule has 0 N–H and O–H groups in total. The first-order chi connectivity index (χ1) is 8.95. The predicted octanol–water partition coefficient (Wildman–Crippen LogP) is 3.48. The number of benzene rings is 1. The average Bonchev–Trinajstić information content (AvgIpc) is 2.37. The van der Waals surface area contributed by atoms with Crippen LogP contribution in [-0.2, 0) is 12.5 Å². The van der Waals surface area contributed by atoms with Crippen LogP contribution in [0.4, 0.5) is 0 Å². The molecule has 0 atom stereocenters. The first-order valence-corrected chi connectivity index (χ1v) is 6.58. The van der Waals surface area contributed by atoms with Gasteiger partial charge in [0.2, 0.25) is 5.69 Å². The summed E-state index contributed by atoms with van der Waals surface area (Å²) in [6.07, 6.45) is 0. The third-order valence-corrected chi connectivity index (χ3v) is 3.38. The van der Waals surface area contributed by atoms with E-state index in [-0.39, 0.29) is 5.41 Å². The molecule has 0 amide bonds. The van der Waals surface area contributed by atoms with Crippen molar-refractivity contribution < 1.29 is 9.30 Å². The first-order valence-electron chi connectivity index (χ1n) is 6.58. The molecule has 1 aromatic heterocycles. The number of methoxy groups -OCH3 is 1. The van der Waals surface area contributed by atoms with E-state index in [4.69, 9.17) is 4.74 Å². The highest BCUT2D eigenvalue weighted by atomic mass is 16.5. The highest BCUT2D eigenvalue weighted by molar-refractivity contribution is 5.64. The largest absolute Gasteiger partial charge is 0.496 e. The molecule has 1 aromatic carbocycles. The molecule has 0 fully saturated rings. The van der Waals surface area contributed by atoms with Gasteiger partial charge in [-0.2, -0.15) is 4.57 Å². The highest BCUT2D eigenvalue weighted by Gasteiger charge is 2.26. The van der Waals surface area contributed by atoms with Crippen LogP contribution in [0.15, 0.2) is 42.5 Å². The molecule has 2 nitrogen and oxygen atoms in total. The van der Waals surface area contributed by atoms with Crippen LogP contribution in [0.3, 0.4) is 0 Å². The Balaban J connectivity index is 2.64. The summed E-state index contributed by atoms with van der Waals surface area (Å²) < 4.78 is 7.71. The van der Waals surface area contributed by atoms with Crippen molar-refractivity contribution in [1.82, 2.24) is 0 Å². The molecule has 0 saturated heterocycles. The van der Waals surface area contributed by atoms with Gasteiger partial charge >= 0.3 is 0 Å². The van der Waals surface area contributed by atoms with Crippen molar-refractivity contribution in [3.05, 3.63) is 48.2 Å². The molecule has 19 heavy (non-hydrogen) atoms. The van der Waals surface area contributed by atoms with Gasteiger partial charge in [0.05, 0.1) is 12.7 Å². The van der Waals surface area contributed by atoms with Crippen LogP contribution in [0.1, 0.15) is 26.5 Å². The van der Waals surface area contributed by atoms with E-state index in [9.17, 15) is 0 Å². The minimum Gasteiger partial charge on any atom is -0.496 e. The molecule has 100 valence electrons. The van der Waals surface area contributed by atoms with Crippen LogP contribution in [0, 0.1) is 0 Å². The number of nitrogens with zero attached hydrogens (tertiary/aromatic N) is 1. The zero-order valence-electron chi connectivity index (χ0n) is 12.4. The average molecular weight is 256 g/mol. The van der Waals surface area contributed by atoms with E-state index in [1.165, 1.54) is 11.4 Å². The lowest BCUT2D eigenvalue weighted by atomic mass is 9.90. The van der Waals surface area contributed by atoms with Gasteiger partial charge in [0.15, 0.2) is 5.69 Å². The molecule has 0 aliphatic carbocycles. The number of pyridine rings is 1. The van der Waals surface area contributed by atoms with Gasteiger partial charge in [0.1, 0.15) is 12.8 Å². The van der Waals surface area contributed by atoms with Gasteiger partial charge in [-0.15, -0.1) is 0 Å². The third kappa shape index (κ3) is 2.62. The Morgan fingerprint density at radius 1 is 0.947 bits per heavy atom. The Labute approximate surface area is 115 Å². The molecule has 0 spiro atoms. The van der Waals surface area contributed by atoms with E-state index in [1.807, 2.05) is 18.2 Å². The zero-order valence-corrected chi connectivity index (χ0v) is 12.4. The quantitative estimate of drug-likeness (QED) is 0.750. The fourth-order valence-corrected chi connectivity index (χ4v) is 2.46. The van der Waals surface area contributed by atoms with Crippen molar-refractivity contribution in [2.24, 2.45) is 7.05 Å². The summed E-state index contributed by atoms with van der Waals surface area (Å²) in [5.74, 6) is 0.907. The molecule has 0 unspecified atom stereocenters. The summed E-state index contributed by atoms with van der Waals surface area (Å²) in [6, 6.07) is 14.6. The normalized spacial score (nSPS) is 11.4.